The van der Waals surface area contributed by atoms with Crippen LogP contribution in [-0.4, -0.2) is 18.5 Å². The van der Waals surface area contributed by atoms with E-state index in [2.05, 4.69) is 4.74 Å². The number of carbonyl (C=O) groups excluding carboxylic acids is 2. The SMILES string of the molecule is O=C(COC(=O)Cc1cccc(F)c1)Nc1c(Cl)cccc1C(F)(F)F. The highest BCUT2D eigenvalue weighted by molar-refractivity contribution is 6.34. The molecule has 0 aliphatic rings. The first-order valence-electron chi connectivity index (χ1n) is 7.22. The van der Waals surface area contributed by atoms with Gasteiger partial charge >= 0.3 is 12.1 Å². The highest BCUT2D eigenvalue weighted by atomic mass is 35.5. The van der Waals surface area contributed by atoms with Gasteiger partial charge in [-0.2, -0.15) is 13.2 Å². The Morgan fingerprint density at radius 3 is 2.46 bits per heavy atom. The van der Waals surface area contributed by atoms with Crippen molar-refractivity contribution in [1.82, 2.24) is 0 Å². The van der Waals surface area contributed by atoms with Gasteiger partial charge in [0.15, 0.2) is 6.61 Å². The molecule has 0 fully saturated rings. The molecule has 1 N–H and O–H groups in total. The Hall–Kier alpha value is -2.61. The smallest absolute Gasteiger partial charge is 0.418 e. The molecule has 0 aromatic heterocycles. The first kappa shape index (κ1) is 19.7. The summed E-state index contributed by atoms with van der Waals surface area (Å²) in [6.45, 7) is -0.809. The van der Waals surface area contributed by atoms with Crippen molar-refractivity contribution in [3.63, 3.8) is 0 Å². The number of para-hydroxylation sites is 1. The Labute approximate surface area is 150 Å². The topological polar surface area (TPSA) is 55.4 Å². The summed E-state index contributed by atoms with van der Waals surface area (Å²) in [6, 6.07) is 8.26. The van der Waals surface area contributed by atoms with Crippen LogP contribution in [0, 0.1) is 5.82 Å². The zero-order valence-electron chi connectivity index (χ0n) is 13.1. The van der Waals surface area contributed by atoms with E-state index in [0.717, 1.165) is 18.2 Å². The Morgan fingerprint density at radius 2 is 1.81 bits per heavy atom. The summed E-state index contributed by atoms with van der Waals surface area (Å²) in [7, 11) is 0. The summed E-state index contributed by atoms with van der Waals surface area (Å²) in [5, 5.41) is 1.68. The Morgan fingerprint density at radius 1 is 1.12 bits per heavy atom. The average molecular weight is 390 g/mol. The van der Waals surface area contributed by atoms with Crippen molar-refractivity contribution in [2.45, 2.75) is 12.6 Å². The first-order chi connectivity index (χ1) is 12.2. The molecule has 4 nitrogen and oxygen atoms in total. The highest BCUT2D eigenvalue weighted by Crippen LogP contribution is 2.38. The second-order valence-corrected chi connectivity index (χ2v) is 5.58. The van der Waals surface area contributed by atoms with E-state index >= 15 is 0 Å². The van der Waals surface area contributed by atoms with Crippen molar-refractivity contribution in [2.75, 3.05) is 11.9 Å². The molecule has 0 atom stereocenters. The number of amides is 1. The zero-order chi connectivity index (χ0) is 19.3. The molecule has 2 aromatic rings. The van der Waals surface area contributed by atoms with Crippen LogP contribution in [0.1, 0.15) is 11.1 Å². The highest BCUT2D eigenvalue weighted by Gasteiger charge is 2.34. The molecule has 0 radical (unpaired) electrons. The van der Waals surface area contributed by atoms with Crippen molar-refractivity contribution >= 4 is 29.2 Å². The predicted octanol–water partition coefficient (Wildman–Crippen LogP) is 4.22. The molecule has 9 heteroatoms. The van der Waals surface area contributed by atoms with Gasteiger partial charge in [-0.3, -0.25) is 9.59 Å². The van der Waals surface area contributed by atoms with Gasteiger partial charge in [-0.05, 0) is 29.8 Å². The quantitative estimate of drug-likeness (QED) is 0.615. The molecule has 0 saturated heterocycles. The minimum absolute atomic E-state index is 0.287. The van der Waals surface area contributed by atoms with E-state index in [1.807, 2.05) is 5.32 Å². The maximum atomic E-state index is 13.0. The van der Waals surface area contributed by atoms with E-state index in [9.17, 15) is 27.2 Å². The molecule has 0 aliphatic heterocycles. The van der Waals surface area contributed by atoms with E-state index < -0.39 is 41.7 Å². The van der Waals surface area contributed by atoms with Crippen molar-refractivity contribution in [3.05, 3.63) is 64.4 Å². The minimum Gasteiger partial charge on any atom is -0.455 e. The van der Waals surface area contributed by atoms with Crippen molar-refractivity contribution in [1.29, 1.82) is 0 Å². The fourth-order valence-corrected chi connectivity index (χ4v) is 2.30. The van der Waals surface area contributed by atoms with Crippen molar-refractivity contribution in [2.24, 2.45) is 0 Å². The summed E-state index contributed by atoms with van der Waals surface area (Å²) in [5.41, 5.74) is -1.40. The molecular weight excluding hydrogens is 378 g/mol. The Balaban J connectivity index is 1.96. The number of benzene rings is 2. The lowest BCUT2D eigenvalue weighted by atomic mass is 10.1. The number of rotatable bonds is 5. The average Bonchev–Trinajstić information content (AvgIpc) is 2.54. The molecule has 1 amide bonds. The number of hydrogen-bond donors (Lipinski definition) is 1. The van der Waals surface area contributed by atoms with Gasteiger partial charge in [0.1, 0.15) is 5.82 Å². The van der Waals surface area contributed by atoms with Gasteiger partial charge in [-0.25, -0.2) is 4.39 Å². The molecule has 0 heterocycles. The normalized spacial score (nSPS) is 11.1. The molecule has 0 unspecified atom stereocenters. The van der Waals surface area contributed by atoms with Gasteiger partial charge < -0.3 is 10.1 Å². The number of hydrogen-bond acceptors (Lipinski definition) is 3. The Bertz CT molecular complexity index is 824. The van der Waals surface area contributed by atoms with Gasteiger partial charge in [0.2, 0.25) is 0 Å². The summed E-state index contributed by atoms with van der Waals surface area (Å²) < 4.78 is 56.5. The van der Waals surface area contributed by atoms with Crippen LogP contribution in [0.4, 0.5) is 23.2 Å². The minimum atomic E-state index is -4.72. The number of carbonyl (C=O) groups is 2. The van der Waals surface area contributed by atoms with Gasteiger partial charge in [-0.15, -0.1) is 0 Å². The lowest BCUT2D eigenvalue weighted by molar-refractivity contribution is -0.146. The molecule has 0 bridgehead atoms. The van der Waals surface area contributed by atoms with Crippen LogP contribution < -0.4 is 5.32 Å². The molecule has 2 aromatic carbocycles. The maximum absolute atomic E-state index is 13.0. The lowest BCUT2D eigenvalue weighted by Crippen LogP contribution is -2.23. The van der Waals surface area contributed by atoms with Crippen LogP contribution in [0.5, 0.6) is 0 Å². The second-order valence-electron chi connectivity index (χ2n) is 5.18. The third kappa shape index (κ3) is 5.45. The molecule has 0 saturated carbocycles. The monoisotopic (exact) mass is 389 g/mol. The fourth-order valence-electron chi connectivity index (χ4n) is 2.07. The molecule has 0 aliphatic carbocycles. The summed E-state index contributed by atoms with van der Waals surface area (Å²) in [4.78, 5) is 23.4. The molecule has 0 spiro atoms. The van der Waals surface area contributed by atoms with Gasteiger partial charge in [0, 0.05) is 0 Å². The first-order valence-corrected chi connectivity index (χ1v) is 7.60. The largest absolute Gasteiger partial charge is 0.455 e. The van der Waals surface area contributed by atoms with Crippen LogP contribution >= 0.6 is 11.6 Å². The standard InChI is InChI=1S/C17H12ClF4NO3/c18-13-6-2-5-12(17(20,21)22)16(13)23-14(24)9-26-15(25)8-10-3-1-4-11(19)7-10/h1-7H,8-9H2,(H,23,24). The number of ether oxygens (including phenoxy) is 1. The third-order valence-electron chi connectivity index (χ3n) is 3.19. The maximum Gasteiger partial charge on any atom is 0.418 e. The predicted molar refractivity (Wildman–Crippen MR) is 86.1 cm³/mol. The van der Waals surface area contributed by atoms with E-state index in [-0.39, 0.29) is 11.4 Å². The van der Waals surface area contributed by atoms with Gasteiger partial charge in [-0.1, -0.05) is 29.8 Å². The number of alkyl halides is 3. The van der Waals surface area contributed by atoms with Crippen molar-refractivity contribution < 1.29 is 31.9 Å². The number of nitrogens with one attached hydrogen (secondary N) is 1. The second kappa shape index (κ2) is 8.18. The number of esters is 1. The van der Waals surface area contributed by atoms with E-state index in [1.165, 1.54) is 24.3 Å². The fraction of sp³-hybridized carbons (Fsp3) is 0.176. The summed E-state index contributed by atoms with van der Waals surface area (Å²) in [5.74, 6) is -2.36. The van der Waals surface area contributed by atoms with Crippen molar-refractivity contribution in [3.8, 4) is 0 Å². The van der Waals surface area contributed by atoms with Crippen LogP contribution in [-0.2, 0) is 26.9 Å². The van der Waals surface area contributed by atoms with E-state index in [4.69, 9.17) is 11.6 Å². The zero-order valence-corrected chi connectivity index (χ0v) is 13.8. The molecule has 138 valence electrons. The molecular formula is C17H12ClF4NO3. The van der Waals surface area contributed by atoms with Crippen LogP contribution in [0.2, 0.25) is 5.02 Å². The third-order valence-corrected chi connectivity index (χ3v) is 3.50. The summed E-state index contributed by atoms with van der Waals surface area (Å²) >= 11 is 5.71. The van der Waals surface area contributed by atoms with Gasteiger partial charge in [0.25, 0.3) is 5.91 Å². The van der Waals surface area contributed by atoms with Gasteiger partial charge in [0.05, 0.1) is 22.7 Å². The number of anilines is 1. The van der Waals surface area contributed by atoms with E-state index in [1.54, 1.807) is 0 Å². The van der Waals surface area contributed by atoms with Crippen LogP contribution in [0.25, 0.3) is 0 Å². The lowest BCUT2D eigenvalue weighted by Gasteiger charge is -2.15. The number of halogens is 5. The van der Waals surface area contributed by atoms with E-state index in [0.29, 0.717) is 5.56 Å². The Kier molecular flexibility index (Phi) is 6.20. The van der Waals surface area contributed by atoms with Crippen LogP contribution in [0.15, 0.2) is 42.5 Å². The molecule has 2 rings (SSSR count). The van der Waals surface area contributed by atoms with Crippen LogP contribution in [0.3, 0.4) is 0 Å². The molecule has 26 heavy (non-hydrogen) atoms. The summed E-state index contributed by atoms with van der Waals surface area (Å²) in [6.07, 6.45) is -5.01.